The molecule has 0 N–H and O–H groups in total. The van der Waals surface area contributed by atoms with E-state index in [4.69, 9.17) is 9.15 Å². The van der Waals surface area contributed by atoms with Gasteiger partial charge in [-0.15, -0.1) is 0 Å². The first-order valence-electron chi connectivity index (χ1n) is 9.55. The van der Waals surface area contributed by atoms with Crippen LogP contribution in [-0.2, 0) is 10.2 Å². The first-order valence-corrected chi connectivity index (χ1v) is 9.55. The molecular weight excluding hydrogens is 368 g/mol. The van der Waals surface area contributed by atoms with Crippen molar-refractivity contribution in [3.05, 3.63) is 63.3 Å². The van der Waals surface area contributed by atoms with Crippen molar-refractivity contribution >= 4 is 16.9 Å². The quantitative estimate of drug-likeness (QED) is 0.672. The van der Waals surface area contributed by atoms with Gasteiger partial charge in [0.25, 0.3) is 0 Å². The van der Waals surface area contributed by atoms with Crippen molar-refractivity contribution in [3.8, 4) is 17.1 Å². The lowest BCUT2D eigenvalue weighted by molar-refractivity contribution is -0.312. The van der Waals surface area contributed by atoms with Crippen molar-refractivity contribution in [1.82, 2.24) is 0 Å². The SMILES string of the molecule is Cc1cc2oc(-c3ccc(C(C)(C)C)cc3)c(O[C@H](C)C(=O)[O-])c(=O)c2cc1C. The van der Waals surface area contributed by atoms with Gasteiger partial charge < -0.3 is 19.1 Å². The second-order valence-electron chi connectivity index (χ2n) is 8.43. The fraction of sp³-hybridized carbons (Fsp3) is 0.333. The second kappa shape index (κ2) is 7.39. The van der Waals surface area contributed by atoms with Crippen molar-refractivity contribution in [2.45, 2.75) is 53.1 Å². The van der Waals surface area contributed by atoms with Gasteiger partial charge in [0.2, 0.25) is 11.2 Å². The summed E-state index contributed by atoms with van der Waals surface area (Å²) < 4.78 is 11.6. The normalized spacial score (nSPS) is 12.8. The van der Waals surface area contributed by atoms with Crippen LogP contribution in [0.2, 0.25) is 0 Å². The van der Waals surface area contributed by atoms with E-state index >= 15 is 0 Å². The van der Waals surface area contributed by atoms with Crippen LogP contribution >= 0.6 is 0 Å². The lowest BCUT2D eigenvalue weighted by atomic mass is 9.86. The summed E-state index contributed by atoms with van der Waals surface area (Å²) in [6.45, 7) is 11.5. The molecule has 3 aromatic rings. The maximum atomic E-state index is 13.2. The average Bonchev–Trinajstić information content (AvgIpc) is 2.64. The van der Waals surface area contributed by atoms with Crippen molar-refractivity contribution < 1.29 is 19.1 Å². The van der Waals surface area contributed by atoms with E-state index < -0.39 is 17.5 Å². The van der Waals surface area contributed by atoms with E-state index in [0.29, 0.717) is 16.5 Å². The third kappa shape index (κ3) is 4.04. The maximum absolute atomic E-state index is 13.2. The number of hydrogen-bond donors (Lipinski definition) is 0. The topological polar surface area (TPSA) is 79.6 Å². The molecular formula is C24H25O5-. The van der Waals surface area contributed by atoms with Crippen LogP contribution in [0.5, 0.6) is 5.75 Å². The highest BCUT2D eigenvalue weighted by Gasteiger charge is 2.21. The number of aliphatic carboxylic acids is 1. The Morgan fingerprint density at radius 2 is 1.66 bits per heavy atom. The summed E-state index contributed by atoms with van der Waals surface area (Å²) in [4.78, 5) is 24.4. The first-order chi connectivity index (χ1) is 13.5. The van der Waals surface area contributed by atoms with Gasteiger partial charge in [-0.2, -0.15) is 0 Å². The minimum absolute atomic E-state index is 0.0276. The molecule has 0 unspecified atom stereocenters. The summed E-state index contributed by atoms with van der Waals surface area (Å²) in [5.41, 5.74) is 3.69. The molecule has 0 fully saturated rings. The first kappa shape index (κ1) is 20.6. The average molecular weight is 393 g/mol. The second-order valence-corrected chi connectivity index (χ2v) is 8.43. The summed E-state index contributed by atoms with van der Waals surface area (Å²) in [6, 6.07) is 11.2. The molecule has 0 radical (unpaired) electrons. The number of benzene rings is 2. The Morgan fingerprint density at radius 1 is 1.07 bits per heavy atom. The number of aryl methyl sites for hydroxylation is 2. The molecule has 2 aromatic carbocycles. The number of carboxylic acid groups (broad SMARTS) is 1. The standard InChI is InChI=1S/C24H26O5/c1-13-11-18-19(12-14(13)2)29-21(22(20(18)25)28-15(3)23(26)27)16-7-9-17(10-8-16)24(4,5)6/h7-12,15H,1-6H3,(H,26,27)/p-1/t15-/m1/s1. The van der Waals surface area contributed by atoms with Gasteiger partial charge in [0.15, 0.2) is 5.76 Å². The third-order valence-electron chi connectivity index (χ3n) is 5.10. The molecule has 1 aromatic heterocycles. The molecule has 5 heteroatoms. The summed E-state index contributed by atoms with van der Waals surface area (Å²) in [6.07, 6.45) is -1.30. The van der Waals surface area contributed by atoms with Crippen LogP contribution in [0.15, 0.2) is 45.6 Å². The molecule has 1 atom stereocenters. The van der Waals surface area contributed by atoms with Gasteiger partial charge in [-0.1, -0.05) is 45.0 Å². The van der Waals surface area contributed by atoms with Crippen LogP contribution in [0.25, 0.3) is 22.3 Å². The number of hydrogen-bond acceptors (Lipinski definition) is 5. The third-order valence-corrected chi connectivity index (χ3v) is 5.10. The molecule has 0 saturated heterocycles. The zero-order valence-corrected chi connectivity index (χ0v) is 17.6. The highest BCUT2D eigenvalue weighted by molar-refractivity contribution is 5.83. The van der Waals surface area contributed by atoms with Crippen LogP contribution in [0.3, 0.4) is 0 Å². The monoisotopic (exact) mass is 393 g/mol. The van der Waals surface area contributed by atoms with E-state index in [1.54, 1.807) is 6.07 Å². The molecule has 0 bridgehead atoms. The van der Waals surface area contributed by atoms with E-state index in [2.05, 4.69) is 20.8 Å². The molecule has 0 aliphatic heterocycles. The van der Waals surface area contributed by atoms with E-state index in [0.717, 1.165) is 16.7 Å². The van der Waals surface area contributed by atoms with Crippen molar-refractivity contribution in [1.29, 1.82) is 0 Å². The summed E-state index contributed by atoms with van der Waals surface area (Å²) >= 11 is 0. The van der Waals surface area contributed by atoms with Crippen LogP contribution in [0.4, 0.5) is 0 Å². The van der Waals surface area contributed by atoms with Gasteiger partial charge in [0.1, 0.15) is 11.7 Å². The van der Waals surface area contributed by atoms with Gasteiger partial charge in [-0.3, -0.25) is 4.79 Å². The lowest BCUT2D eigenvalue weighted by Gasteiger charge is -2.20. The zero-order valence-electron chi connectivity index (χ0n) is 17.6. The Hall–Kier alpha value is -3.08. The van der Waals surface area contributed by atoms with Crippen molar-refractivity contribution in [2.24, 2.45) is 0 Å². The fourth-order valence-electron chi connectivity index (χ4n) is 3.08. The molecule has 5 nitrogen and oxygen atoms in total. The Bertz CT molecular complexity index is 1130. The number of ether oxygens (including phenoxy) is 1. The minimum atomic E-state index is -1.40. The Balaban J connectivity index is 2.27. The number of carbonyl (C=O) groups excluding carboxylic acids is 1. The molecule has 1 heterocycles. The maximum Gasteiger partial charge on any atom is 0.235 e. The fourth-order valence-corrected chi connectivity index (χ4v) is 3.08. The number of rotatable bonds is 4. The van der Waals surface area contributed by atoms with Crippen LogP contribution < -0.4 is 15.3 Å². The zero-order chi connectivity index (χ0) is 21.5. The van der Waals surface area contributed by atoms with Gasteiger partial charge >= 0.3 is 0 Å². The van der Waals surface area contributed by atoms with Crippen LogP contribution in [-0.4, -0.2) is 12.1 Å². The summed E-state index contributed by atoms with van der Waals surface area (Å²) in [5, 5.41) is 11.6. The minimum Gasteiger partial charge on any atom is -0.546 e. The molecule has 0 saturated carbocycles. The van der Waals surface area contributed by atoms with Gasteiger partial charge in [-0.05, 0) is 55.0 Å². The highest BCUT2D eigenvalue weighted by Crippen LogP contribution is 2.34. The smallest absolute Gasteiger partial charge is 0.235 e. The van der Waals surface area contributed by atoms with Crippen LogP contribution in [0, 0.1) is 13.8 Å². The molecule has 0 aliphatic carbocycles. The van der Waals surface area contributed by atoms with E-state index in [9.17, 15) is 14.7 Å². The van der Waals surface area contributed by atoms with Gasteiger partial charge in [-0.25, -0.2) is 0 Å². The van der Waals surface area contributed by atoms with Gasteiger partial charge in [0, 0.05) is 5.56 Å². The molecule has 29 heavy (non-hydrogen) atoms. The molecule has 0 spiro atoms. The number of carbonyl (C=O) groups is 1. The van der Waals surface area contributed by atoms with E-state index in [1.807, 2.05) is 44.2 Å². The molecule has 152 valence electrons. The predicted molar refractivity (Wildman–Crippen MR) is 111 cm³/mol. The van der Waals surface area contributed by atoms with Crippen LogP contribution in [0.1, 0.15) is 44.4 Å². The number of fused-ring (bicyclic) bond motifs is 1. The number of carboxylic acids is 1. The lowest BCUT2D eigenvalue weighted by Crippen LogP contribution is -2.38. The predicted octanol–water partition coefficient (Wildman–Crippen LogP) is 3.89. The molecule has 3 rings (SSSR count). The van der Waals surface area contributed by atoms with Gasteiger partial charge in [0.05, 0.1) is 11.4 Å². The highest BCUT2D eigenvalue weighted by atomic mass is 16.5. The Labute approximate surface area is 169 Å². The largest absolute Gasteiger partial charge is 0.546 e. The summed E-state index contributed by atoms with van der Waals surface area (Å²) in [7, 11) is 0. The Kier molecular flexibility index (Phi) is 5.26. The van der Waals surface area contributed by atoms with E-state index in [-0.39, 0.29) is 16.9 Å². The summed E-state index contributed by atoms with van der Waals surface area (Å²) in [5.74, 6) is -1.32. The molecule has 0 amide bonds. The van der Waals surface area contributed by atoms with Crippen molar-refractivity contribution in [3.63, 3.8) is 0 Å². The van der Waals surface area contributed by atoms with E-state index in [1.165, 1.54) is 6.92 Å². The molecule has 0 aliphatic rings. The van der Waals surface area contributed by atoms with Crippen molar-refractivity contribution in [2.75, 3.05) is 0 Å². The Morgan fingerprint density at radius 3 is 2.21 bits per heavy atom.